The Morgan fingerprint density at radius 2 is 1.95 bits per heavy atom. The number of rotatable bonds is 5. The van der Waals surface area contributed by atoms with Gasteiger partial charge in [0.2, 0.25) is 0 Å². The van der Waals surface area contributed by atoms with Crippen molar-refractivity contribution < 1.29 is 5.11 Å². The van der Waals surface area contributed by atoms with Gasteiger partial charge in [-0.15, -0.1) is 11.3 Å². The molecule has 0 amide bonds. The van der Waals surface area contributed by atoms with Crippen molar-refractivity contribution in [2.24, 2.45) is 5.92 Å². The van der Waals surface area contributed by atoms with Gasteiger partial charge in [0.15, 0.2) is 0 Å². The normalized spacial score (nSPS) is 22.2. The molecule has 1 heterocycles. The van der Waals surface area contributed by atoms with Crippen molar-refractivity contribution >= 4 is 11.3 Å². The lowest BCUT2D eigenvalue weighted by molar-refractivity contribution is 0.205. The number of hydrogen-bond donors (Lipinski definition) is 2. The van der Waals surface area contributed by atoms with Crippen LogP contribution in [0, 0.1) is 5.92 Å². The molecule has 2 aromatic rings. The van der Waals surface area contributed by atoms with Crippen LogP contribution in [0.4, 0.5) is 0 Å². The van der Waals surface area contributed by atoms with E-state index < -0.39 is 0 Å². The van der Waals surface area contributed by atoms with Crippen LogP contribution in [0.1, 0.15) is 24.1 Å². The number of aliphatic hydroxyl groups excluding tert-OH is 1. The Balaban J connectivity index is 1.60. The molecule has 0 radical (unpaired) electrons. The Morgan fingerprint density at radius 1 is 1.10 bits per heavy atom. The molecule has 2 atom stereocenters. The third kappa shape index (κ3) is 3.11. The molecule has 0 aliphatic heterocycles. The Labute approximate surface area is 124 Å². The predicted molar refractivity (Wildman–Crippen MR) is 84.8 cm³/mol. The van der Waals surface area contributed by atoms with Gasteiger partial charge < -0.3 is 10.4 Å². The van der Waals surface area contributed by atoms with E-state index in [1.165, 1.54) is 28.2 Å². The van der Waals surface area contributed by atoms with E-state index in [4.69, 9.17) is 0 Å². The van der Waals surface area contributed by atoms with Crippen LogP contribution in [-0.2, 0) is 6.54 Å². The first-order valence-electron chi connectivity index (χ1n) is 7.35. The van der Waals surface area contributed by atoms with E-state index in [1.807, 2.05) is 11.3 Å². The fourth-order valence-electron chi connectivity index (χ4n) is 2.99. The lowest BCUT2D eigenvalue weighted by atomic mass is 10.1. The molecular formula is C17H21NOS. The molecule has 106 valence electrons. The summed E-state index contributed by atoms with van der Waals surface area (Å²) in [5.41, 5.74) is 1.29. The molecule has 0 saturated heterocycles. The standard InChI is InChI=1S/C17H21NOS/c19-12-14-7-4-8-16(14)18-11-15-9-10-17(20-15)13-5-2-1-3-6-13/h1-3,5-6,9-10,14,16,18-19H,4,7-8,11-12H2. The summed E-state index contributed by atoms with van der Waals surface area (Å²) in [6.45, 7) is 1.23. The van der Waals surface area contributed by atoms with Crippen molar-refractivity contribution in [3.8, 4) is 10.4 Å². The van der Waals surface area contributed by atoms with Crippen LogP contribution in [0.25, 0.3) is 10.4 Å². The average molecular weight is 287 g/mol. The number of aliphatic hydroxyl groups is 1. The quantitative estimate of drug-likeness (QED) is 0.879. The van der Waals surface area contributed by atoms with Crippen LogP contribution in [0.5, 0.6) is 0 Å². The zero-order valence-corrected chi connectivity index (χ0v) is 12.4. The zero-order chi connectivity index (χ0) is 13.8. The molecule has 3 rings (SSSR count). The van der Waals surface area contributed by atoms with E-state index in [0.717, 1.165) is 13.0 Å². The smallest absolute Gasteiger partial charge is 0.0474 e. The minimum absolute atomic E-state index is 0.317. The van der Waals surface area contributed by atoms with Crippen molar-refractivity contribution in [2.75, 3.05) is 6.61 Å². The molecular weight excluding hydrogens is 266 g/mol. The van der Waals surface area contributed by atoms with E-state index in [9.17, 15) is 5.11 Å². The fraction of sp³-hybridized carbons (Fsp3) is 0.412. The lowest BCUT2D eigenvalue weighted by Gasteiger charge is -2.18. The van der Waals surface area contributed by atoms with Gasteiger partial charge in [-0.2, -0.15) is 0 Å². The largest absolute Gasteiger partial charge is 0.396 e. The van der Waals surface area contributed by atoms with Crippen LogP contribution in [0.3, 0.4) is 0 Å². The maximum atomic E-state index is 9.35. The molecule has 1 fully saturated rings. The minimum atomic E-state index is 0.317. The highest BCUT2D eigenvalue weighted by atomic mass is 32.1. The number of thiophene rings is 1. The summed E-state index contributed by atoms with van der Waals surface area (Å²) in [6.07, 6.45) is 3.60. The van der Waals surface area contributed by atoms with Crippen molar-refractivity contribution in [3.05, 3.63) is 47.3 Å². The van der Waals surface area contributed by atoms with E-state index in [0.29, 0.717) is 18.6 Å². The first-order valence-corrected chi connectivity index (χ1v) is 8.17. The molecule has 20 heavy (non-hydrogen) atoms. The molecule has 1 aliphatic carbocycles. The van der Waals surface area contributed by atoms with E-state index >= 15 is 0 Å². The molecule has 0 bridgehead atoms. The Morgan fingerprint density at radius 3 is 2.75 bits per heavy atom. The van der Waals surface area contributed by atoms with Crippen LogP contribution in [0.15, 0.2) is 42.5 Å². The lowest BCUT2D eigenvalue weighted by Crippen LogP contribution is -2.33. The first kappa shape index (κ1) is 13.8. The fourth-order valence-corrected chi connectivity index (χ4v) is 3.95. The van der Waals surface area contributed by atoms with Gasteiger partial charge >= 0.3 is 0 Å². The minimum Gasteiger partial charge on any atom is -0.396 e. The van der Waals surface area contributed by atoms with Crippen LogP contribution in [0.2, 0.25) is 0 Å². The Bertz CT molecular complexity index is 537. The molecule has 1 aromatic heterocycles. The van der Waals surface area contributed by atoms with E-state index in [2.05, 4.69) is 47.8 Å². The zero-order valence-electron chi connectivity index (χ0n) is 11.6. The topological polar surface area (TPSA) is 32.3 Å². The summed E-state index contributed by atoms with van der Waals surface area (Å²) < 4.78 is 0. The van der Waals surface area contributed by atoms with Crippen LogP contribution >= 0.6 is 11.3 Å². The highest BCUT2D eigenvalue weighted by Gasteiger charge is 2.25. The van der Waals surface area contributed by atoms with Gasteiger partial charge in [-0.25, -0.2) is 0 Å². The first-order chi connectivity index (χ1) is 9.86. The molecule has 0 spiro atoms. The van der Waals surface area contributed by atoms with Gasteiger partial charge in [0.25, 0.3) is 0 Å². The molecule has 2 N–H and O–H groups in total. The summed E-state index contributed by atoms with van der Waals surface area (Å²) in [4.78, 5) is 2.69. The molecule has 1 aliphatic rings. The summed E-state index contributed by atoms with van der Waals surface area (Å²) in [7, 11) is 0. The van der Waals surface area contributed by atoms with Crippen LogP contribution in [-0.4, -0.2) is 17.8 Å². The van der Waals surface area contributed by atoms with Crippen LogP contribution < -0.4 is 5.32 Å². The average Bonchev–Trinajstić information content (AvgIpc) is 3.15. The van der Waals surface area contributed by atoms with Crippen molar-refractivity contribution in [1.29, 1.82) is 0 Å². The van der Waals surface area contributed by atoms with E-state index in [-0.39, 0.29) is 0 Å². The predicted octanol–water partition coefficient (Wildman–Crippen LogP) is 3.67. The van der Waals surface area contributed by atoms with Crippen molar-refractivity contribution in [3.63, 3.8) is 0 Å². The summed E-state index contributed by atoms with van der Waals surface area (Å²) in [5, 5.41) is 13.0. The Kier molecular flexibility index (Phi) is 4.51. The Hall–Kier alpha value is -1.16. The monoisotopic (exact) mass is 287 g/mol. The van der Waals surface area contributed by atoms with Gasteiger partial charge in [-0.1, -0.05) is 36.8 Å². The second kappa shape index (κ2) is 6.53. The maximum absolute atomic E-state index is 9.35. The van der Waals surface area contributed by atoms with Gasteiger partial charge in [-0.05, 0) is 36.5 Å². The second-order valence-electron chi connectivity index (χ2n) is 5.49. The molecule has 1 aromatic carbocycles. The molecule has 1 saturated carbocycles. The SMILES string of the molecule is OCC1CCCC1NCc1ccc(-c2ccccc2)s1. The summed E-state index contributed by atoms with van der Waals surface area (Å²) >= 11 is 1.85. The van der Waals surface area contributed by atoms with Crippen molar-refractivity contribution in [1.82, 2.24) is 5.32 Å². The highest BCUT2D eigenvalue weighted by Crippen LogP contribution is 2.29. The molecule has 2 unspecified atom stereocenters. The number of nitrogens with one attached hydrogen (secondary N) is 1. The van der Waals surface area contributed by atoms with Gasteiger partial charge in [0, 0.05) is 28.9 Å². The van der Waals surface area contributed by atoms with Gasteiger partial charge in [0.1, 0.15) is 0 Å². The van der Waals surface area contributed by atoms with E-state index in [1.54, 1.807) is 0 Å². The number of hydrogen-bond acceptors (Lipinski definition) is 3. The van der Waals surface area contributed by atoms with Crippen molar-refractivity contribution in [2.45, 2.75) is 31.8 Å². The second-order valence-corrected chi connectivity index (χ2v) is 6.66. The third-order valence-electron chi connectivity index (χ3n) is 4.15. The maximum Gasteiger partial charge on any atom is 0.0474 e. The highest BCUT2D eigenvalue weighted by molar-refractivity contribution is 7.15. The summed E-state index contributed by atoms with van der Waals surface area (Å²) in [6, 6.07) is 15.4. The molecule has 3 heteroatoms. The van der Waals surface area contributed by atoms with Gasteiger partial charge in [-0.3, -0.25) is 0 Å². The third-order valence-corrected chi connectivity index (χ3v) is 5.29. The van der Waals surface area contributed by atoms with Gasteiger partial charge in [0.05, 0.1) is 0 Å². The molecule has 2 nitrogen and oxygen atoms in total. The summed E-state index contributed by atoms with van der Waals surface area (Å²) in [5.74, 6) is 0.448. The number of benzene rings is 1.